The number of hydrogen-bond donors (Lipinski definition) is 0. The SMILES string of the molecule is CCn1c(=O)c2c(C)c(C=O)sc2n(C)c1=O. The van der Waals surface area contributed by atoms with Gasteiger partial charge in [0, 0.05) is 13.6 Å². The van der Waals surface area contributed by atoms with Gasteiger partial charge in [0.15, 0.2) is 6.29 Å². The summed E-state index contributed by atoms with van der Waals surface area (Å²) in [5.74, 6) is 0. The number of aldehydes is 1. The lowest BCUT2D eigenvalue weighted by Gasteiger charge is -2.05. The first-order chi connectivity index (χ1) is 8.02. The van der Waals surface area contributed by atoms with E-state index in [0.717, 1.165) is 6.29 Å². The van der Waals surface area contributed by atoms with Crippen molar-refractivity contribution in [2.24, 2.45) is 7.05 Å². The van der Waals surface area contributed by atoms with E-state index in [0.29, 0.717) is 27.2 Å². The molecule has 2 heterocycles. The Bertz CT molecular complexity index is 721. The molecule has 0 bridgehead atoms. The fraction of sp³-hybridized carbons (Fsp3) is 0.364. The number of fused-ring (bicyclic) bond motifs is 1. The molecule has 2 aromatic heterocycles. The number of aromatic nitrogens is 2. The predicted octanol–water partition coefficient (Wildman–Crippen LogP) is 0.903. The van der Waals surface area contributed by atoms with Crippen molar-refractivity contribution >= 4 is 27.8 Å². The van der Waals surface area contributed by atoms with Crippen LogP contribution in [0.1, 0.15) is 22.2 Å². The number of carbonyl (C=O) groups excluding carboxylic acids is 1. The molecule has 0 amide bonds. The van der Waals surface area contributed by atoms with Crippen LogP contribution in [-0.4, -0.2) is 15.4 Å². The van der Waals surface area contributed by atoms with Crippen molar-refractivity contribution in [3.8, 4) is 0 Å². The van der Waals surface area contributed by atoms with Crippen LogP contribution in [0, 0.1) is 6.92 Å². The Morgan fingerprint density at radius 1 is 1.35 bits per heavy atom. The minimum absolute atomic E-state index is 0.313. The number of nitrogens with zero attached hydrogens (tertiary/aromatic N) is 2. The van der Waals surface area contributed by atoms with Crippen LogP contribution in [0.2, 0.25) is 0 Å². The summed E-state index contributed by atoms with van der Waals surface area (Å²) in [6, 6.07) is 0. The number of thiophene rings is 1. The van der Waals surface area contributed by atoms with E-state index in [1.54, 1.807) is 20.9 Å². The third-order valence-corrected chi connectivity index (χ3v) is 4.16. The van der Waals surface area contributed by atoms with E-state index in [2.05, 4.69) is 0 Å². The molecule has 0 aliphatic rings. The van der Waals surface area contributed by atoms with Gasteiger partial charge in [0.1, 0.15) is 4.83 Å². The standard InChI is InChI=1S/C11H12N2O3S/c1-4-13-9(15)8-6(2)7(5-14)17-10(8)12(3)11(13)16/h5H,4H2,1-3H3. The molecular weight excluding hydrogens is 240 g/mol. The van der Waals surface area contributed by atoms with Gasteiger partial charge in [-0.3, -0.25) is 18.7 Å². The summed E-state index contributed by atoms with van der Waals surface area (Å²) in [7, 11) is 1.61. The molecule has 0 N–H and O–H groups in total. The van der Waals surface area contributed by atoms with Crippen molar-refractivity contribution in [3.63, 3.8) is 0 Å². The quantitative estimate of drug-likeness (QED) is 0.746. The Balaban J connectivity index is 3.13. The van der Waals surface area contributed by atoms with Crippen LogP contribution in [0.25, 0.3) is 10.2 Å². The average Bonchev–Trinajstić information content (AvgIpc) is 2.64. The first-order valence-corrected chi connectivity index (χ1v) is 6.02. The van der Waals surface area contributed by atoms with E-state index in [1.165, 1.54) is 20.5 Å². The van der Waals surface area contributed by atoms with Crippen LogP contribution in [-0.2, 0) is 13.6 Å². The topological polar surface area (TPSA) is 61.1 Å². The Kier molecular flexibility index (Phi) is 2.74. The van der Waals surface area contributed by atoms with Crippen molar-refractivity contribution in [1.29, 1.82) is 0 Å². The molecule has 2 aromatic rings. The van der Waals surface area contributed by atoms with Crippen LogP contribution < -0.4 is 11.2 Å². The highest BCUT2D eigenvalue weighted by Crippen LogP contribution is 2.25. The van der Waals surface area contributed by atoms with Gasteiger partial charge in [-0.25, -0.2) is 4.79 Å². The zero-order valence-corrected chi connectivity index (χ0v) is 10.6. The highest BCUT2D eigenvalue weighted by molar-refractivity contribution is 7.20. The van der Waals surface area contributed by atoms with E-state index in [4.69, 9.17) is 0 Å². The molecule has 0 saturated heterocycles. The van der Waals surface area contributed by atoms with Crippen molar-refractivity contribution in [2.75, 3.05) is 0 Å². The summed E-state index contributed by atoms with van der Waals surface area (Å²) in [6.45, 7) is 3.80. The lowest BCUT2D eigenvalue weighted by molar-refractivity contribution is 0.112. The molecule has 0 unspecified atom stereocenters. The minimum Gasteiger partial charge on any atom is -0.297 e. The monoisotopic (exact) mass is 252 g/mol. The van der Waals surface area contributed by atoms with Gasteiger partial charge < -0.3 is 0 Å². The summed E-state index contributed by atoms with van der Waals surface area (Å²) in [5.41, 5.74) is -0.000973. The van der Waals surface area contributed by atoms with Crippen LogP contribution >= 0.6 is 11.3 Å². The summed E-state index contributed by atoms with van der Waals surface area (Å²) >= 11 is 1.18. The molecular formula is C11H12N2O3S. The van der Waals surface area contributed by atoms with E-state index in [1.807, 2.05) is 0 Å². The summed E-state index contributed by atoms with van der Waals surface area (Å²) in [4.78, 5) is 35.9. The predicted molar refractivity (Wildman–Crippen MR) is 67.1 cm³/mol. The molecule has 0 aliphatic carbocycles. The molecule has 2 rings (SSSR count). The van der Waals surface area contributed by atoms with E-state index < -0.39 is 0 Å². The molecule has 0 fully saturated rings. The van der Waals surface area contributed by atoms with Gasteiger partial charge in [-0.15, -0.1) is 11.3 Å². The third-order valence-electron chi connectivity index (χ3n) is 2.87. The molecule has 90 valence electrons. The second kappa shape index (κ2) is 3.96. The van der Waals surface area contributed by atoms with Crippen LogP contribution in [0.15, 0.2) is 9.59 Å². The maximum absolute atomic E-state index is 12.1. The fourth-order valence-electron chi connectivity index (χ4n) is 1.88. The van der Waals surface area contributed by atoms with Gasteiger partial charge in [0.25, 0.3) is 5.56 Å². The van der Waals surface area contributed by atoms with Crippen LogP contribution in [0.3, 0.4) is 0 Å². The first-order valence-electron chi connectivity index (χ1n) is 5.21. The lowest BCUT2D eigenvalue weighted by Crippen LogP contribution is -2.38. The molecule has 0 spiro atoms. The largest absolute Gasteiger partial charge is 0.331 e. The zero-order valence-electron chi connectivity index (χ0n) is 9.81. The van der Waals surface area contributed by atoms with Crippen molar-refractivity contribution in [2.45, 2.75) is 20.4 Å². The third kappa shape index (κ3) is 1.48. The van der Waals surface area contributed by atoms with Crippen LogP contribution in [0.4, 0.5) is 0 Å². The maximum Gasteiger partial charge on any atom is 0.331 e. The van der Waals surface area contributed by atoms with Crippen molar-refractivity contribution in [1.82, 2.24) is 9.13 Å². The normalized spacial score (nSPS) is 11.0. The second-order valence-corrected chi connectivity index (χ2v) is 4.81. The first kappa shape index (κ1) is 11.8. The fourth-order valence-corrected chi connectivity index (χ4v) is 2.95. The van der Waals surface area contributed by atoms with Crippen molar-refractivity contribution < 1.29 is 4.79 Å². The number of rotatable bonds is 2. The van der Waals surface area contributed by atoms with E-state index in [-0.39, 0.29) is 11.2 Å². The average molecular weight is 252 g/mol. The summed E-state index contributed by atoms with van der Waals surface area (Å²) in [6.07, 6.45) is 0.722. The minimum atomic E-state index is -0.344. The molecule has 17 heavy (non-hydrogen) atoms. The highest BCUT2D eigenvalue weighted by atomic mass is 32.1. The van der Waals surface area contributed by atoms with Gasteiger partial charge in [0.2, 0.25) is 0 Å². The smallest absolute Gasteiger partial charge is 0.297 e. The summed E-state index contributed by atoms with van der Waals surface area (Å²) < 4.78 is 2.60. The zero-order chi connectivity index (χ0) is 12.7. The molecule has 0 radical (unpaired) electrons. The molecule has 0 aliphatic heterocycles. The molecule has 0 saturated carbocycles. The number of aryl methyl sites for hydroxylation is 2. The van der Waals surface area contributed by atoms with Crippen LogP contribution in [0.5, 0.6) is 0 Å². The second-order valence-electron chi connectivity index (χ2n) is 3.78. The number of hydrogen-bond acceptors (Lipinski definition) is 4. The Morgan fingerprint density at radius 3 is 2.53 bits per heavy atom. The number of carbonyl (C=O) groups is 1. The van der Waals surface area contributed by atoms with Gasteiger partial charge >= 0.3 is 5.69 Å². The molecule has 0 atom stereocenters. The lowest BCUT2D eigenvalue weighted by atomic mass is 10.2. The summed E-state index contributed by atoms with van der Waals surface area (Å²) in [5, 5.41) is 0.473. The molecule has 0 aromatic carbocycles. The molecule has 5 nitrogen and oxygen atoms in total. The van der Waals surface area contributed by atoms with Gasteiger partial charge in [0.05, 0.1) is 10.3 Å². The molecule has 6 heteroatoms. The Labute approximate surface area is 101 Å². The maximum atomic E-state index is 12.1. The van der Waals surface area contributed by atoms with Gasteiger partial charge in [-0.05, 0) is 19.4 Å². The van der Waals surface area contributed by atoms with E-state index >= 15 is 0 Å². The van der Waals surface area contributed by atoms with E-state index in [9.17, 15) is 14.4 Å². The highest BCUT2D eigenvalue weighted by Gasteiger charge is 2.17. The Morgan fingerprint density at radius 2 is 2.00 bits per heavy atom. The van der Waals surface area contributed by atoms with Gasteiger partial charge in [-0.2, -0.15) is 0 Å². The van der Waals surface area contributed by atoms with Gasteiger partial charge in [-0.1, -0.05) is 0 Å². The van der Waals surface area contributed by atoms with Crippen molar-refractivity contribution in [3.05, 3.63) is 31.3 Å². The Hall–Kier alpha value is -1.69.